The number of amides is 2. The van der Waals surface area contributed by atoms with Gasteiger partial charge >= 0.3 is 0 Å². The molecular formula is C24H20N4O3. The Labute approximate surface area is 178 Å². The number of nitrogens with zero attached hydrogens (tertiary/aromatic N) is 4. The summed E-state index contributed by atoms with van der Waals surface area (Å²) in [4.78, 5) is 37.4. The molecule has 31 heavy (non-hydrogen) atoms. The van der Waals surface area contributed by atoms with Crippen molar-refractivity contribution in [3.05, 3.63) is 84.6 Å². The summed E-state index contributed by atoms with van der Waals surface area (Å²) < 4.78 is 5.60. The lowest BCUT2D eigenvalue weighted by atomic mass is 10.0. The largest absolute Gasteiger partial charge is 0.443 e. The van der Waals surface area contributed by atoms with Gasteiger partial charge in [0.1, 0.15) is 0 Å². The first-order valence-corrected chi connectivity index (χ1v) is 10.1. The molecule has 0 saturated carbocycles. The Morgan fingerprint density at radius 3 is 2.23 bits per heavy atom. The summed E-state index contributed by atoms with van der Waals surface area (Å²) in [5, 5.41) is 2.19. The van der Waals surface area contributed by atoms with Crippen LogP contribution >= 0.6 is 0 Å². The fourth-order valence-electron chi connectivity index (χ4n) is 3.87. The third kappa shape index (κ3) is 3.66. The Morgan fingerprint density at radius 2 is 1.48 bits per heavy atom. The smallest absolute Gasteiger partial charge is 0.276 e. The van der Waals surface area contributed by atoms with Crippen molar-refractivity contribution < 1.29 is 14.0 Å². The van der Waals surface area contributed by atoms with E-state index in [0.717, 1.165) is 16.3 Å². The first kappa shape index (κ1) is 19.0. The first-order chi connectivity index (χ1) is 15.2. The lowest BCUT2D eigenvalue weighted by Gasteiger charge is -2.34. The van der Waals surface area contributed by atoms with Crippen molar-refractivity contribution in [3.8, 4) is 11.3 Å². The van der Waals surface area contributed by atoms with Crippen molar-refractivity contribution in [2.75, 3.05) is 26.2 Å². The van der Waals surface area contributed by atoms with E-state index in [9.17, 15) is 9.59 Å². The van der Waals surface area contributed by atoms with Gasteiger partial charge in [0.05, 0.1) is 0 Å². The molecule has 1 aliphatic rings. The van der Waals surface area contributed by atoms with Gasteiger partial charge in [-0.05, 0) is 29.0 Å². The number of hydrogen-bond donors (Lipinski definition) is 0. The molecule has 154 valence electrons. The molecule has 0 spiro atoms. The number of carbonyl (C=O) groups excluding carboxylic acids is 2. The number of oxazole rings is 1. The monoisotopic (exact) mass is 412 g/mol. The van der Waals surface area contributed by atoms with Gasteiger partial charge in [0, 0.05) is 49.7 Å². The fourth-order valence-corrected chi connectivity index (χ4v) is 3.87. The third-order valence-electron chi connectivity index (χ3n) is 5.56. The van der Waals surface area contributed by atoms with Gasteiger partial charge in [0.2, 0.25) is 0 Å². The predicted molar refractivity (Wildman–Crippen MR) is 115 cm³/mol. The molecule has 0 N–H and O–H groups in total. The summed E-state index contributed by atoms with van der Waals surface area (Å²) in [6.07, 6.45) is 4.51. The number of fused-ring (bicyclic) bond motifs is 1. The van der Waals surface area contributed by atoms with E-state index in [1.807, 2.05) is 42.5 Å². The topological polar surface area (TPSA) is 79.5 Å². The molecule has 2 amide bonds. The van der Waals surface area contributed by atoms with Gasteiger partial charge in [0.15, 0.2) is 17.8 Å². The van der Waals surface area contributed by atoms with Crippen LogP contribution in [0.5, 0.6) is 0 Å². The average molecular weight is 412 g/mol. The van der Waals surface area contributed by atoms with Crippen molar-refractivity contribution in [1.29, 1.82) is 0 Å². The normalized spacial score (nSPS) is 14.1. The van der Waals surface area contributed by atoms with Crippen LogP contribution in [0.3, 0.4) is 0 Å². The van der Waals surface area contributed by atoms with Crippen LogP contribution < -0.4 is 0 Å². The second-order valence-electron chi connectivity index (χ2n) is 7.41. The van der Waals surface area contributed by atoms with Gasteiger partial charge < -0.3 is 14.2 Å². The van der Waals surface area contributed by atoms with Crippen molar-refractivity contribution in [2.24, 2.45) is 0 Å². The van der Waals surface area contributed by atoms with Gasteiger partial charge in [-0.1, -0.05) is 36.4 Å². The number of rotatable bonds is 3. The minimum atomic E-state index is -0.187. The van der Waals surface area contributed by atoms with Gasteiger partial charge in [-0.25, -0.2) is 4.98 Å². The Balaban J connectivity index is 1.32. The predicted octanol–water partition coefficient (Wildman–Crippen LogP) is 3.49. The van der Waals surface area contributed by atoms with Crippen molar-refractivity contribution in [2.45, 2.75) is 0 Å². The van der Waals surface area contributed by atoms with Gasteiger partial charge in [-0.3, -0.25) is 14.6 Å². The highest BCUT2D eigenvalue weighted by molar-refractivity contribution is 5.99. The van der Waals surface area contributed by atoms with Gasteiger partial charge in [-0.2, -0.15) is 0 Å². The van der Waals surface area contributed by atoms with Crippen molar-refractivity contribution >= 4 is 22.6 Å². The Hall–Kier alpha value is -4.00. The highest BCUT2D eigenvalue weighted by atomic mass is 16.3. The number of benzene rings is 2. The van der Waals surface area contributed by atoms with Crippen molar-refractivity contribution in [1.82, 2.24) is 19.8 Å². The maximum atomic E-state index is 13.2. The molecule has 7 heteroatoms. The average Bonchev–Trinajstić information content (AvgIpc) is 3.33. The summed E-state index contributed by atoms with van der Waals surface area (Å²) in [6, 6.07) is 17.4. The Morgan fingerprint density at radius 1 is 0.806 bits per heavy atom. The summed E-state index contributed by atoms with van der Waals surface area (Å²) in [7, 11) is 0. The zero-order valence-electron chi connectivity index (χ0n) is 16.8. The third-order valence-corrected chi connectivity index (χ3v) is 5.56. The first-order valence-electron chi connectivity index (χ1n) is 10.1. The van der Waals surface area contributed by atoms with Gasteiger partial charge in [0.25, 0.3) is 11.8 Å². The number of aromatic nitrogens is 2. The maximum absolute atomic E-state index is 13.2. The molecule has 0 atom stereocenters. The van der Waals surface area contributed by atoms with E-state index in [1.54, 1.807) is 34.3 Å². The van der Waals surface area contributed by atoms with Crippen LogP contribution in [0, 0.1) is 0 Å². The molecule has 1 saturated heterocycles. The quantitative estimate of drug-likeness (QED) is 0.515. The summed E-state index contributed by atoms with van der Waals surface area (Å²) in [5.41, 5.74) is 1.71. The molecule has 1 aliphatic heterocycles. The van der Waals surface area contributed by atoms with Crippen LogP contribution in [-0.4, -0.2) is 57.8 Å². The van der Waals surface area contributed by atoms with Gasteiger partial charge in [-0.15, -0.1) is 0 Å². The molecule has 0 aliphatic carbocycles. The van der Waals surface area contributed by atoms with E-state index >= 15 is 0 Å². The van der Waals surface area contributed by atoms with Crippen LogP contribution in [-0.2, 0) is 0 Å². The minimum Gasteiger partial charge on any atom is -0.443 e. The molecular weight excluding hydrogens is 392 g/mol. The van der Waals surface area contributed by atoms with Crippen LogP contribution in [0.25, 0.3) is 22.1 Å². The van der Waals surface area contributed by atoms with Crippen LogP contribution in [0.15, 0.2) is 77.8 Å². The minimum absolute atomic E-state index is 0.0483. The molecule has 7 nitrogen and oxygen atoms in total. The molecule has 0 bridgehead atoms. The lowest BCUT2D eigenvalue weighted by Crippen LogP contribution is -2.50. The highest BCUT2D eigenvalue weighted by Crippen LogP contribution is 2.28. The second kappa shape index (κ2) is 8.02. The van der Waals surface area contributed by atoms with E-state index in [0.29, 0.717) is 43.2 Å². The van der Waals surface area contributed by atoms with Crippen LogP contribution in [0.1, 0.15) is 20.8 Å². The Kier molecular flexibility index (Phi) is 4.92. The molecule has 0 unspecified atom stereocenters. The summed E-state index contributed by atoms with van der Waals surface area (Å²) in [6.45, 7) is 1.82. The standard InChI is InChI=1S/C24H20N4O3/c29-23(18-7-9-25-10-8-18)27-11-13-28(14-12-27)24(30)21-22(31-16-26-21)20-6-5-17-3-1-2-4-19(17)15-20/h1-10,15-16H,11-14H2. The Bertz CT molecular complexity index is 1240. The van der Waals surface area contributed by atoms with Crippen molar-refractivity contribution in [3.63, 3.8) is 0 Å². The summed E-state index contributed by atoms with van der Waals surface area (Å²) >= 11 is 0. The SMILES string of the molecule is O=C(c1ccncc1)N1CCN(C(=O)c2ncoc2-c2ccc3ccccc3c2)CC1. The van der Waals surface area contributed by atoms with E-state index in [-0.39, 0.29) is 11.8 Å². The number of piperazine rings is 1. The number of hydrogen-bond acceptors (Lipinski definition) is 5. The fraction of sp³-hybridized carbons (Fsp3) is 0.167. The van der Waals surface area contributed by atoms with E-state index in [1.165, 1.54) is 6.39 Å². The molecule has 1 fully saturated rings. The van der Waals surface area contributed by atoms with E-state index in [4.69, 9.17) is 4.42 Å². The van der Waals surface area contributed by atoms with E-state index < -0.39 is 0 Å². The summed E-state index contributed by atoms with van der Waals surface area (Å²) in [5.74, 6) is 0.228. The number of pyridine rings is 1. The lowest BCUT2D eigenvalue weighted by molar-refractivity contribution is 0.0532. The molecule has 0 radical (unpaired) electrons. The van der Waals surface area contributed by atoms with E-state index in [2.05, 4.69) is 9.97 Å². The molecule has 2 aromatic carbocycles. The number of carbonyl (C=O) groups is 2. The molecule has 3 heterocycles. The zero-order chi connectivity index (χ0) is 21.2. The zero-order valence-corrected chi connectivity index (χ0v) is 16.8. The molecule has 2 aromatic heterocycles. The molecule has 4 aromatic rings. The second-order valence-corrected chi connectivity index (χ2v) is 7.41. The maximum Gasteiger partial charge on any atom is 0.276 e. The molecule has 5 rings (SSSR count). The van der Waals surface area contributed by atoms with Crippen LogP contribution in [0.4, 0.5) is 0 Å². The highest BCUT2D eigenvalue weighted by Gasteiger charge is 2.29. The van der Waals surface area contributed by atoms with Crippen LogP contribution in [0.2, 0.25) is 0 Å².